The Morgan fingerprint density at radius 2 is 1.93 bits per heavy atom. The van der Waals surface area contributed by atoms with Crippen LogP contribution in [0.2, 0.25) is 5.02 Å². The van der Waals surface area contributed by atoms with Gasteiger partial charge < -0.3 is 10.2 Å². The molecule has 0 spiro atoms. The van der Waals surface area contributed by atoms with Crippen LogP contribution < -0.4 is 10.2 Å². The van der Waals surface area contributed by atoms with Gasteiger partial charge in [-0.1, -0.05) is 41.9 Å². The molecule has 1 amide bonds. The van der Waals surface area contributed by atoms with Crippen molar-refractivity contribution in [3.63, 3.8) is 0 Å². The van der Waals surface area contributed by atoms with Gasteiger partial charge in [0.25, 0.3) is 5.91 Å². The predicted octanol–water partition coefficient (Wildman–Crippen LogP) is 1.18. The molecule has 1 heterocycles. The molecule has 2 N–H and O–H groups in total. The number of amides is 1. The molecule has 2 aromatic rings. The average molecular weight is 423 g/mol. The van der Waals surface area contributed by atoms with Crippen molar-refractivity contribution in [1.29, 1.82) is 0 Å². The van der Waals surface area contributed by atoms with E-state index in [4.69, 9.17) is 11.6 Å². The van der Waals surface area contributed by atoms with Gasteiger partial charge in [0, 0.05) is 26.1 Å². The smallest absolute Gasteiger partial charge is 0.253 e. The van der Waals surface area contributed by atoms with E-state index >= 15 is 0 Å². The normalized spacial score (nSPS) is 19.7. The number of likely N-dealkylation sites (tertiary alicyclic amines) is 1. The van der Waals surface area contributed by atoms with Crippen molar-refractivity contribution >= 4 is 27.5 Å². The van der Waals surface area contributed by atoms with Crippen molar-refractivity contribution in [2.24, 2.45) is 0 Å². The number of benzene rings is 2. The highest BCUT2D eigenvalue weighted by molar-refractivity contribution is 7.89. The minimum Gasteiger partial charge on any atom is -0.343 e. The van der Waals surface area contributed by atoms with Gasteiger partial charge in [-0.25, -0.2) is 12.7 Å². The number of carbonyl (C=O) groups excluding carboxylic acids is 1. The molecule has 150 valence electrons. The Bertz CT molecular complexity index is 948. The first-order chi connectivity index (χ1) is 13.3. The molecule has 8 heteroatoms. The SMILES string of the molecule is CN(C)S(=O)(=O)c1ccc(Cl)c(C(=O)N[C@@H]2CC[NH+](Cc3ccccc3)C2)c1. The van der Waals surface area contributed by atoms with Crippen LogP contribution in [0.1, 0.15) is 22.3 Å². The van der Waals surface area contributed by atoms with E-state index < -0.39 is 10.0 Å². The molecule has 1 saturated heterocycles. The Kier molecular flexibility index (Phi) is 6.40. The fourth-order valence-electron chi connectivity index (χ4n) is 3.41. The van der Waals surface area contributed by atoms with Crippen LogP contribution in [0.3, 0.4) is 0 Å². The molecule has 6 nitrogen and oxygen atoms in total. The zero-order valence-corrected chi connectivity index (χ0v) is 17.6. The molecule has 0 bridgehead atoms. The third-order valence-electron chi connectivity index (χ3n) is 4.97. The van der Waals surface area contributed by atoms with Gasteiger partial charge in [-0.15, -0.1) is 0 Å². The average Bonchev–Trinajstić information content (AvgIpc) is 3.09. The molecule has 0 aromatic heterocycles. The van der Waals surface area contributed by atoms with Gasteiger partial charge in [0.15, 0.2) is 0 Å². The van der Waals surface area contributed by atoms with E-state index in [0.29, 0.717) is 0 Å². The van der Waals surface area contributed by atoms with E-state index in [1.54, 1.807) is 0 Å². The lowest BCUT2D eigenvalue weighted by Gasteiger charge is -2.16. The molecule has 3 rings (SSSR count). The largest absolute Gasteiger partial charge is 0.343 e. The molecule has 0 saturated carbocycles. The van der Waals surface area contributed by atoms with Gasteiger partial charge >= 0.3 is 0 Å². The number of nitrogens with one attached hydrogen (secondary N) is 2. The molecule has 0 aliphatic carbocycles. The van der Waals surface area contributed by atoms with E-state index in [2.05, 4.69) is 17.4 Å². The first-order valence-corrected chi connectivity index (χ1v) is 11.0. The highest BCUT2D eigenvalue weighted by Crippen LogP contribution is 2.22. The van der Waals surface area contributed by atoms with Crippen molar-refractivity contribution in [2.75, 3.05) is 27.2 Å². The standard InChI is InChI=1S/C20H24ClN3O3S/c1-23(2)28(26,27)17-8-9-19(21)18(12-17)20(25)22-16-10-11-24(14-16)13-15-6-4-3-5-7-15/h3-9,12,16H,10-11,13-14H2,1-2H3,(H,22,25)/p+1/t16-/m1/s1. The van der Waals surface area contributed by atoms with Gasteiger partial charge in [-0.05, 0) is 18.2 Å². The van der Waals surface area contributed by atoms with E-state index in [1.165, 1.54) is 42.8 Å². The second kappa shape index (κ2) is 8.61. The lowest BCUT2D eigenvalue weighted by molar-refractivity contribution is -0.901. The summed E-state index contributed by atoms with van der Waals surface area (Å²) in [5.41, 5.74) is 1.45. The highest BCUT2D eigenvalue weighted by atomic mass is 35.5. The second-order valence-corrected chi connectivity index (χ2v) is 9.81. The lowest BCUT2D eigenvalue weighted by atomic mass is 10.2. The maximum Gasteiger partial charge on any atom is 0.253 e. The van der Waals surface area contributed by atoms with Gasteiger partial charge in [-0.2, -0.15) is 0 Å². The van der Waals surface area contributed by atoms with Crippen LogP contribution in [0.5, 0.6) is 0 Å². The summed E-state index contributed by atoms with van der Waals surface area (Å²) in [5.74, 6) is -0.341. The minimum absolute atomic E-state index is 0.0383. The third-order valence-corrected chi connectivity index (χ3v) is 7.12. The third kappa shape index (κ3) is 4.72. The summed E-state index contributed by atoms with van der Waals surface area (Å²) in [7, 11) is -0.728. The zero-order chi connectivity index (χ0) is 20.3. The zero-order valence-electron chi connectivity index (χ0n) is 16.0. The van der Waals surface area contributed by atoms with Crippen molar-refractivity contribution in [3.05, 3.63) is 64.7 Å². The molecule has 28 heavy (non-hydrogen) atoms. The number of hydrogen-bond acceptors (Lipinski definition) is 3. The Balaban J connectivity index is 1.67. The number of quaternary nitrogens is 1. The fourth-order valence-corrected chi connectivity index (χ4v) is 4.54. The van der Waals surface area contributed by atoms with Crippen LogP contribution in [-0.4, -0.2) is 51.9 Å². The molecule has 0 radical (unpaired) electrons. The number of nitrogens with zero attached hydrogens (tertiary/aromatic N) is 1. The highest BCUT2D eigenvalue weighted by Gasteiger charge is 2.29. The molecule has 1 aliphatic heterocycles. The Labute approximate surface area is 171 Å². The van der Waals surface area contributed by atoms with E-state index in [9.17, 15) is 13.2 Å². The molecule has 1 fully saturated rings. The van der Waals surface area contributed by atoms with Crippen molar-refractivity contribution < 1.29 is 18.1 Å². The van der Waals surface area contributed by atoms with Crippen LogP contribution in [0.25, 0.3) is 0 Å². The minimum atomic E-state index is -3.63. The number of sulfonamides is 1. The maximum atomic E-state index is 12.7. The topological polar surface area (TPSA) is 70.9 Å². The number of carbonyl (C=O) groups is 1. The van der Waals surface area contributed by atoms with Gasteiger partial charge in [-0.3, -0.25) is 4.79 Å². The van der Waals surface area contributed by atoms with Crippen LogP contribution >= 0.6 is 11.6 Å². The Hall–Kier alpha value is -1.93. The molecular formula is C20H25ClN3O3S+. The fraction of sp³-hybridized carbons (Fsp3) is 0.350. The monoisotopic (exact) mass is 422 g/mol. The Morgan fingerprint density at radius 1 is 1.21 bits per heavy atom. The van der Waals surface area contributed by atoms with E-state index in [1.807, 2.05) is 18.2 Å². The van der Waals surface area contributed by atoms with Gasteiger partial charge in [0.1, 0.15) is 6.54 Å². The summed E-state index contributed by atoms with van der Waals surface area (Å²) in [6, 6.07) is 14.5. The van der Waals surface area contributed by atoms with Crippen LogP contribution in [0.15, 0.2) is 53.4 Å². The van der Waals surface area contributed by atoms with Crippen molar-refractivity contribution in [2.45, 2.75) is 23.9 Å². The number of rotatable bonds is 6. The van der Waals surface area contributed by atoms with Crippen molar-refractivity contribution in [1.82, 2.24) is 9.62 Å². The summed E-state index contributed by atoms with van der Waals surface area (Å²) in [6.45, 7) is 2.72. The predicted molar refractivity (Wildman–Crippen MR) is 109 cm³/mol. The summed E-state index contributed by atoms with van der Waals surface area (Å²) >= 11 is 6.17. The van der Waals surface area contributed by atoms with Crippen LogP contribution in [-0.2, 0) is 16.6 Å². The maximum absolute atomic E-state index is 12.7. The molecule has 1 unspecified atom stereocenters. The molecule has 1 aliphatic rings. The number of halogens is 1. The summed E-state index contributed by atoms with van der Waals surface area (Å²) in [4.78, 5) is 14.2. The molecular weight excluding hydrogens is 398 g/mol. The van der Waals surface area contributed by atoms with Gasteiger partial charge in [0.2, 0.25) is 10.0 Å². The second-order valence-electron chi connectivity index (χ2n) is 7.25. The van der Waals surface area contributed by atoms with Crippen molar-refractivity contribution in [3.8, 4) is 0 Å². The lowest BCUT2D eigenvalue weighted by Crippen LogP contribution is -3.09. The molecule has 2 aromatic carbocycles. The van der Waals surface area contributed by atoms with E-state index in [-0.39, 0.29) is 27.4 Å². The van der Waals surface area contributed by atoms with Crippen LogP contribution in [0, 0.1) is 0 Å². The quantitative estimate of drug-likeness (QED) is 0.734. The summed E-state index contributed by atoms with van der Waals surface area (Å²) in [6.07, 6.45) is 0.876. The summed E-state index contributed by atoms with van der Waals surface area (Å²) in [5, 5.41) is 3.24. The van der Waals surface area contributed by atoms with Crippen LogP contribution in [0.4, 0.5) is 0 Å². The molecule has 2 atom stereocenters. The Morgan fingerprint density at radius 3 is 2.61 bits per heavy atom. The summed E-state index contributed by atoms with van der Waals surface area (Å²) < 4.78 is 25.8. The number of hydrogen-bond donors (Lipinski definition) is 2. The first-order valence-electron chi connectivity index (χ1n) is 9.18. The van der Waals surface area contributed by atoms with E-state index in [0.717, 1.165) is 30.4 Å². The van der Waals surface area contributed by atoms with Gasteiger partial charge in [0.05, 0.1) is 34.6 Å². The first kappa shape index (κ1) is 20.8.